The number of likely N-dealkylation sites (tertiary alicyclic amines) is 1. The zero-order valence-corrected chi connectivity index (χ0v) is 10.6. The molecular formula is C14H20N2O. The molecule has 0 saturated carbocycles. The third-order valence-corrected chi connectivity index (χ3v) is 3.94. The Morgan fingerprint density at radius 2 is 2.18 bits per heavy atom. The van der Waals surface area contributed by atoms with Gasteiger partial charge in [0.05, 0.1) is 11.6 Å². The Morgan fingerprint density at radius 3 is 2.71 bits per heavy atom. The largest absolute Gasteiger partial charge is 0.324 e. The Balaban J connectivity index is 2.34. The molecule has 0 aromatic carbocycles. The van der Waals surface area contributed by atoms with Gasteiger partial charge in [-0.05, 0) is 19.0 Å². The van der Waals surface area contributed by atoms with E-state index in [-0.39, 0.29) is 11.4 Å². The van der Waals surface area contributed by atoms with E-state index in [1.165, 1.54) is 0 Å². The molecule has 0 radical (unpaired) electrons. The summed E-state index contributed by atoms with van der Waals surface area (Å²) in [4.78, 5) is 16.0. The van der Waals surface area contributed by atoms with Crippen LogP contribution >= 0.6 is 0 Å². The van der Waals surface area contributed by atoms with E-state index in [1.807, 2.05) is 17.1 Å². The molecular weight excluding hydrogens is 212 g/mol. The number of nitrogens with zero attached hydrogens (tertiary/aromatic N) is 2. The van der Waals surface area contributed by atoms with Crippen molar-refractivity contribution in [2.45, 2.75) is 24.9 Å². The zero-order chi connectivity index (χ0) is 12.6. The molecule has 0 aromatic rings. The van der Waals surface area contributed by atoms with Crippen LogP contribution in [0.15, 0.2) is 37.0 Å². The van der Waals surface area contributed by atoms with Crippen LogP contribution in [0.1, 0.15) is 13.3 Å². The summed E-state index contributed by atoms with van der Waals surface area (Å²) in [5.41, 5.74) is 1.02. The predicted molar refractivity (Wildman–Crippen MR) is 69.6 cm³/mol. The number of amides is 1. The van der Waals surface area contributed by atoms with Crippen molar-refractivity contribution >= 4 is 5.91 Å². The number of piperidine rings is 1. The SMILES string of the molecule is C=C/C=C(\C=C)C12CCN(C)CC1N2C(C)=O. The molecule has 2 aliphatic rings. The Hall–Kier alpha value is -1.35. The molecule has 2 unspecified atom stereocenters. The number of fused-ring (bicyclic) bond motifs is 1. The number of rotatable bonds is 3. The minimum atomic E-state index is -0.103. The minimum Gasteiger partial charge on any atom is -0.324 e. The summed E-state index contributed by atoms with van der Waals surface area (Å²) in [5, 5.41) is 0. The van der Waals surface area contributed by atoms with Gasteiger partial charge in [0, 0.05) is 20.0 Å². The molecule has 2 saturated heterocycles. The topological polar surface area (TPSA) is 23.3 Å². The first-order chi connectivity index (χ1) is 8.07. The van der Waals surface area contributed by atoms with Crippen LogP contribution in [0.25, 0.3) is 0 Å². The van der Waals surface area contributed by atoms with E-state index in [0.717, 1.165) is 25.1 Å². The lowest BCUT2D eigenvalue weighted by atomic mass is 9.88. The standard InChI is InChI=1S/C14H20N2O/c1-5-7-12(6-2)14-8-9-15(4)10-13(14)16(14)11(3)17/h5-7,13H,1-2,8-10H2,3-4H3/b12-7+. The quantitative estimate of drug-likeness (QED) is 0.545. The van der Waals surface area contributed by atoms with Crippen LogP contribution in [-0.4, -0.2) is 47.4 Å². The summed E-state index contributed by atoms with van der Waals surface area (Å²) < 4.78 is 0. The highest BCUT2D eigenvalue weighted by atomic mass is 16.2. The van der Waals surface area contributed by atoms with E-state index in [9.17, 15) is 4.79 Å². The van der Waals surface area contributed by atoms with Crippen molar-refractivity contribution in [2.75, 3.05) is 20.1 Å². The number of carbonyl (C=O) groups excluding carboxylic acids is 1. The van der Waals surface area contributed by atoms with Crippen molar-refractivity contribution in [3.8, 4) is 0 Å². The Kier molecular flexibility index (Phi) is 2.96. The van der Waals surface area contributed by atoms with Gasteiger partial charge in [-0.1, -0.05) is 31.4 Å². The Morgan fingerprint density at radius 1 is 1.47 bits per heavy atom. The average molecular weight is 232 g/mol. The molecule has 2 aliphatic heterocycles. The fourth-order valence-electron chi connectivity index (χ4n) is 3.15. The fraction of sp³-hybridized carbons (Fsp3) is 0.500. The normalized spacial score (nSPS) is 32.9. The molecule has 0 aromatic heterocycles. The molecule has 1 amide bonds. The third kappa shape index (κ3) is 1.65. The average Bonchev–Trinajstić information content (AvgIpc) is 2.94. The second-order valence-corrected chi connectivity index (χ2v) is 4.90. The van der Waals surface area contributed by atoms with Crippen LogP contribution in [0.4, 0.5) is 0 Å². The molecule has 3 heteroatoms. The third-order valence-electron chi connectivity index (χ3n) is 3.94. The van der Waals surface area contributed by atoms with Crippen LogP contribution in [0.5, 0.6) is 0 Å². The van der Waals surface area contributed by atoms with Crippen LogP contribution in [-0.2, 0) is 4.79 Å². The summed E-state index contributed by atoms with van der Waals surface area (Å²) in [6.45, 7) is 11.2. The monoisotopic (exact) mass is 232 g/mol. The number of hydrogen-bond donors (Lipinski definition) is 0. The maximum absolute atomic E-state index is 11.7. The number of hydrogen-bond acceptors (Lipinski definition) is 2. The van der Waals surface area contributed by atoms with Crippen molar-refractivity contribution in [1.29, 1.82) is 0 Å². The van der Waals surface area contributed by atoms with Gasteiger partial charge < -0.3 is 9.80 Å². The van der Waals surface area contributed by atoms with Crippen molar-refractivity contribution < 1.29 is 4.79 Å². The van der Waals surface area contributed by atoms with Crippen LogP contribution < -0.4 is 0 Å². The minimum absolute atomic E-state index is 0.103. The molecule has 3 nitrogen and oxygen atoms in total. The van der Waals surface area contributed by atoms with Gasteiger partial charge >= 0.3 is 0 Å². The molecule has 2 atom stereocenters. The first kappa shape index (κ1) is 12.1. The molecule has 2 heterocycles. The van der Waals surface area contributed by atoms with Crippen LogP contribution in [0, 0.1) is 0 Å². The van der Waals surface area contributed by atoms with Gasteiger partial charge in [0.1, 0.15) is 0 Å². The van der Waals surface area contributed by atoms with Gasteiger partial charge in [-0.25, -0.2) is 0 Å². The van der Waals surface area contributed by atoms with E-state index < -0.39 is 0 Å². The second-order valence-electron chi connectivity index (χ2n) is 4.90. The number of likely N-dealkylation sites (N-methyl/N-ethyl adjacent to an activating group) is 1. The van der Waals surface area contributed by atoms with E-state index in [4.69, 9.17) is 0 Å². The summed E-state index contributed by atoms with van der Waals surface area (Å²) in [7, 11) is 2.10. The maximum atomic E-state index is 11.7. The van der Waals surface area contributed by atoms with Crippen LogP contribution in [0.2, 0.25) is 0 Å². The van der Waals surface area contributed by atoms with E-state index in [1.54, 1.807) is 13.0 Å². The number of allylic oxidation sites excluding steroid dienone is 2. The first-order valence-corrected chi connectivity index (χ1v) is 6.02. The van der Waals surface area contributed by atoms with Gasteiger partial charge in [0.2, 0.25) is 5.91 Å². The smallest absolute Gasteiger partial charge is 0.220 e. The van der Waals surface area contributed by atoms with E-state index in [2.05, 4.69) is 25.1 Å². The van der Waals surface area contributed by atoms with E-state index >= 15 is 0 Å². The Labute approximate surface area is 103 Å². The van der Waals surface area contributed by atoms with Crippen molar-refractivity contribution in [1.82, 2.24) is 9.80 Å². The lowest BCUT2D eigenvalue weighted by Crippen LogP contribution is -2.37. The molecule has 2 rings (SSSR count). The van der Waals surface area contributed by atoms with Crippen molar-refractivity contribution in [3.63, 3.8) is 0 Å². The molecule has 92 valence electrons. The highest BCUT2D eigenvalue weighted by Gasteiger charge is 2.66. The lowest BCUT2D eigenvalue weighted by molar-refractivity contribution is -0.124. The van der Waals surface area contributed by atoms with Gasteiger partial charge in [-0.2, -0.15) is 0 Å². The molecule has 0 aliphatic carbocycles. The number of carbonyl (C=O) groups is 1. The first-order valence-electron chi connectivity index (χ1n) is 6.02. The summed E-state index contributed by atoms with van der Waals surface area (Å²) >= 11 is 0. The molecule has 0 spiro atoms. The zero-order valence-electron chi connectivity index (χ0n) is 10.6. The highest BCUT2D eigenvalue weighted by Crippen LogP contribution is 2.52. The van der Waals surface area contributed by atoms with Gasteiger partial charge in [0.15, 0.2) is 0 Å². The van der Waals surface area contributed by atoms with Crippen LogP contribution in [0.3, 0.4) is 0 Å². The highest BCUT2D eigenvalue weighted by molar-refractivity contribution is 5.80. The lowest BCUT2D eigenvalue weighted by Gasteiger charge is -2.26. The van der Waals surface area contributed by atoms with Crippen molar-refractivity contribution in [2.24, 2.45) is 0 Å². The summed E-state index contributed by atoms with van der Waals surface area (Å²) in [6, 6.07) is 0.308. The fourth-order valence-corrected chi connectivity index (χ4v) is 3.15. The van der Waals surface area contributed by atoms with Gasteiger partial charge in [0.25, 0.3) is 0 Å². The second kappa shape index (κ2) is 4.15. The molecule has 2 fully saturated rings. The summed E-state index contributed by atoms with van der Waals surface area (Å²) in [6.07, 6.45) is 6.61. The predicted octanol–water partition coefficient (Wildman–Crippen LogP) is 1.59. The van der Waals surface area contributed by atoms with Gasteiger partial charge in [-0.3, -0.25) is 4.79 Å². The maximum Gasteiger partial charge on any atom is 0.220 e. The van der Waals surface area contributed by atoms with E-state index in [0.29, 0.717) is 6.04 Å². The molecule has 0 bridgehead atoms. The molecule has 17 heavy (non-hydrogen) atoms. The summed E-state index contributed by atoms with van der Waals surface area (Å²) in [5.74, 6) is 0.155. The van der Waals surface area contributed by atoms with Crippen molar-refractivity contribution in [3.05, 3.63) is 37.0 Å². The van der Waals surface area contributed by atoms with Gasteiger partial charge in [-0.15, -0.1) is 0 Å². The Bertz CT molecular complexity index is 399. The molecule has 0 N–H and O–H groups in total.